The number of likely N-dealkylation sites (tertiary alicyclic amines) is 1. The second-order valence-corrected chi connectivity index (χ2v) is 7.94. The molecule has 7 heteroatoms. The Morgan fingerprint density at radius 1 is 1.14 bits per heavy atom. The molecule has 160 valence electrons. The Morgan fingerprint density at radius 2 is 1.79 bits per heavy atom. The first-order chi connectivity index (χ1) is 13.6. The van der Waals surface area contributed by atoms with E-state index in [1.165, 1.54) is 12.8 Å². The van der Waals surface area contributed by atoms with Crippen molar-refractivity contribution < 1.29 is 23.8 Å². The van der Waals surface area contributed by atoms with Gasteiger partial charge in [0.15, 0.2) is 0 Å². The number of carbonyl (C=O) groups is 1. The van der Waals surface area contributed by atoms with Crippen LogP contribution in [0.15, 0.2) is 28.7 Å². The van der Waals surface area contributed by atoms with Crippen LogP contribution in [-0.2, 0) is 20.7 Å². The van der Waals surface area contributed by atoms with Crippen molar-refractivity contribution in [3.63, 3.8) is 0 Å². The molecule has 1 aliphatic heterocycles. The zero-order valence-corrected chi connectivity index (χ0v) is 17.8. The van der Waals surface area contributed by atoms with E-state index < -0.39 is 5.97 Å². The average molecular weight is 424 g/mol. The first-order valence-corrected chi connectivity index (χ1v) is 10.1. The summed E-state index contributed by atoms with van der Waals surface area (Å²) in [5.41, 5.74) is 1.81. The molecule has 1 saturated heterocycles. The minimum atomic E-state index is -0.869. The molecule has 0 radical (unpaired) electrons. The molecule has 4 rings (SSSR count). The molecule has 2 heterocycles. The molecule has 0 unspecified atom stereocenters. The zero-order chi connectivity index (χ0) is 19.7. The first-order valence-electron chi connectivity index (χ1n) is 10.1. The SMILES string of the molecule is CO[C@H]1C[C@@H](N2CCCC2)[C@H](c2c(CC(=O)O)oc3ccccc23)C[C@H]1OC.Cl. The Kier molecular flexibility index (Phi) is 7.22. The molecule has 4 atom stereocenters. The minimum Gasteiger partial charge on any atom is -0.481 e. The lowest BCUT2D eigenvalue weighted by atomic mass is 9.75. The summed E-state index contributed by atoms with van der Waals surface area (Å²) in [5, 5.41) is 10.5. The molecule has 1 aromatic heterocycles. The van der Waals surface area contributed by atoms with Crippen molar-refractivity contribution in [1.82, 2.24) is 4.90 Å². The highest BCUT2D eigenvalue weighted by molar-refractivity contribution is 5.85. The number of methoxy groups -OCH3 is 2. The second-order valence-electron chi connectivity index (χ2n) is 7.94. The maximum Gasteiger partial charge on any atom is 0.311 e. The Hall–Kier alpha value is -1.60. The van der Waals surface area contributed by atoms with Gasteiger partial charge >= 0.3 is 5.97 Å². The van der Waals surface area contributed by atoms with Crippen LogP contribution in [-0.4, -0.2) is 61.5 Å². The van der Waals surface area contributed by atoms with Gasteiger partial charge in [0.05, 0.1) is 12.2 Å². The van der Waals surface area contributed by atoms with Crippen LogP contribution in [0.5, 0.6) is 0 Å². The number of aliphatic carboxylic acids is 1. The van der Waals surface area contributed by atoms with Crippen LogP contribution in [0.1, 0.15) is 42.9 Å². The number of halogens is 1. The molecular weight excluding hydrogens is 394 g/mol. The maximum absolute atomic E-state index is 11.5. The molecule has 1 aliphatic carbocycles. The molecule has 1 N–H and O–H groups in total. The van der Waals surface area contributed by atoms with E-state index in [9.17, 15) is 9.90 Å². The molecule has 0 spiro atoms. The molecule has 6 nitrogen and oxygen atoms in total. The summed E-state index contributed by atoms with van der Waals surface area (Å²) < 4.78 is 17.6. The van der Waals surface area contributed by atoms with Crippen molar-refractivity contribution in [2.45, 2.75) is 56.3 Å². The third-order valence-corrected chi connectivity index (χ3v) is 6.45. The van der Waals surface area contributed by atoms with Crippen molar-refractivity contribution in [2.75, 3.05) is 27.3 Å². The van der Waals surface area contributed by atoms with E-state index in [-0.39, 0.29) is 37.0 Å². The number of para-hydroxylation sites is 1. The van der Waals surface area contributed by atoms with Crippen LogP contribution in [0.3, 0.4) is 0 Å². The minimum absolute atomic E-state index is 0. The zero-order valence-electron chi connectivity index (χ0n) is 17.0. The predicted octanol–water partition coefficient (Wildman–Crippen LogP) is 3.85. The molecule has 1 saturated carbocycles. The summed E-state index contributed by atoms with van der Waals surface area (Å²) in [6.07, 6.45) is 4.04. The standard InChI is InChI=1S/C22H29NO5.ClH/c1-26-18-11-15(16(12-19(18)27-2)23-9-5-6-10-23)22-14-7-3-4-8-17(14)28-20(22)13-21(24)25;/h3-4,7-8,15-16,18-19H,5-6,9-13H2,1-2H3,(H,24,25);1H/t15-,16-,18-,19+;/m1./s1. The third-order valence-electron chi connectivity index (χ3n) is 6.45. The number of rotatable bonds is 6. The van der Waals surface area contributed by atoms with Gasteiger partial charge in [-0.3, -0.25) is 9.69 Å². The topological polar surface area (TPSA) is 72.1 Å². The summed E-state index contributed by atoms with van der Waals surface area (Å²) in [6, 6.07) is 8.19. The van der Waals surface area contributed by atoms with Crippen molar-refractivity contribution in [3.05, 3.63) is 35.6 Å². The molecule has 2 aromatic rings. The van der Waals surface area contributed by atoms with Gasteiger partial charge in [-0.25, -0.2) is 0 Å². The average Bonchev–Trinajstić information content (AvgIpc) is 3.34. The van der Waals surface area contributed by atoms with Gasteiger partial charge in [-0.2, -0.15) is 0 Å². The fraction of sp³-hybridized carbons (Fsp3) is 0.591. The van der Waals surface area contributed by atoms with Crippen LogP contribution in [0.2, 0.25) is 0 Å². The van der Waals surface area contributed by atoms with Gasteiger partial charge in [0.1, 0.15) is 17.8 Å². The molecule has 1 aromatic carbocycles. The summed E-state index contributed by atoms with van der Waals surface area (Å²) >= 11 is 0. The highest BCUT2D eigenvalue weighted by atomic mass is 35.5. The van der Waals surface area contributed by atoms with Gasteiger partial charge in [-0.1, -0.05) is 18.2 Å². The Labute approximate surface area is 177 Å². The number of fused-ring (bicyclic) bond motifs is 1. The summed E-state index contributed by atoms with van der Waals surface area (Å²) in [4.78, 5) is 14.1. The van der Waals surface area contributed by atoms with E-state index in [2.05, 4.69) is 4.90 Å². The number of hydrogen-bond donors (Lipinski definition) is 1. The van der Waals surface area contributed by atoms with Crippen molar-refractivity contribution >= 4 is 29.3 Å². The molecule has 0 amide bonds. The lowest BCUT2D eigenvalue weighted by Gasteiger charge is -2.44. The monoisotopic (exact) mass is 423 g/mol. The third kappa shape index (κ3) is 4.31. The van der Waals surface area contributed by atoms with Gasteiger partial charge in [0, 0.05) is 37.1 Å². The van der Waals surface area contributed by atoms with E-state index in [1.807, 2.05) is 24.3 Å². The normalized spacial score (nSPS) is 27.8. The Balaban J connectivity index is 0.00000240. The summed E-state index contributed by atoms with van der Waals surface area (Å²) in [5.74, 6) is -0.132. The van der Waals surface area contributed by atoms with Gasteiger partial charge in [0.2, 0.25) is 0 Å². The number of carboxylic acid groups (broad SMARTS) is 1. The number of nitrogens with zero attached hydrogens (tertiary/aromatic N) is 1. The summed E-state index contributed by atoms with van der Waals surface area (Å²) in [6.45, 7) is 2.17. The van der Waals surface area contributed by atoms with Gasteiger partial charge < -0.3 is 19.0 Å². The quantitative estimate of drug-likeness (QED) is 0.760. The van der Waals surface area contributed by atoms with Crippen molar-refractivity contribution in [1.29, 1.82) is 0 Å². The Bertz CT molecular complexity index is 832. The van der Waals surface area contributed by atoms with E-state index in [4.69, 9.17) is 13.9 Å². The fourth-order valence-electron chi connectivity index (χ4n) is 5.19. The van der Waals surface area contributed by atoms with Crippen LogP contribution in [0, 0.1) is 0 Å². The van der Waals surface area contributed by atoms with Gasteiger partial charge in [-0.15, -0.1) is 12.4 Å². The van der Waals surface area contributed by atoms with Crippen molar-refractivity contribution in [2.24, 2.45) is 0 Å². The molecule has 2 aliphatic rings. The number of carboxylic acids is 1. The number of furan rings is 1. The Morgan fingerprint density at radius 3 is 2.45 bits per heavy atom. The van der Waals surface area contributed by atoms with Crippen molar-refractivity contribution in [3.8, 4) is 0 Å². The lowest BCUT2D eigenvalue weighted by molar-refractivity contribution is -0.136. The molecular formula is C22H30ClNO5. The number of hydrogen-bond acceptors (Lipinski definition) is 5. The van der Waals surface area contributed by atoms with Gasteiger partial charge in [-0.05, 0) is 44.8 Å². The second kappa shape index (κ2) is 9.47. The van der Waals surface area contributed by atoms with Crippen LogP contribution < -0.4 is 0 Å². The van der Waals surface area contributed by atoms with Crippen LogP contribution >= 0.6 is 12.4 Å². The highest BCUT2D eigenvalue weighted by Gasteiger charge is 2.43. The molecule has 2 fully saturated rings. The summed E-state index contributed by atoms with van der Waals surface area (Å²) in [7, 11) is 3.48. The first kappa shape index (κ1) is 22.1. The van der Waals surface area contributed by atoms with E-state index >= 15 is 0 Å². The molecule has 29 heavy (non-hydrogen) atoms. The largest absolute Gasteiger partial charge is 0.481 e. The van der Waals surface area contributed by atoms with Crippen LogP contribution in [0.25, 0.3) is 11.0 Å². The smallest absolute Gasteiger partial charge is 0.311 e. The van der Waals surface area contributed by atoms with E-state index in [1.54, 1.807) is 14.2 Å². The number of ether oxygens (including phenoxy) is 2. The van der Waals surface area contributed by atoms with E-state index in [0.29, 0.717) is 11.8 Å². The fourth-order valence-corrected chi connectivity index (χ4v) is 5.19. The maximum atomic E-state index is 11.5. The lowest BCUT2D eigenvalue weighted by Crippen LogP contribution is -2.49. The van der Waals surface area contributed by atoms with Crippen LogP contribution in [0.4, 0.5) is 0 Å². The predicted molar refractivity (Wildman–Crippen MR) is 113 cm³/mol. The molecule has 0 bridgehead atoms. The number of benzene rings is 1. The highest BCUT2D eigenvalue weighted by Crippen LogP contribution is 2.44. The van der Waals surface area contributed by atoms with Gasteiger partial charge in [0.25, 0.3) is 0 Å². The van der Waals surface area contributed by atoms with E-state index in [0.717, 1.165) is 42.5 Å².